The number of piperidine rings is 1. The van der Waals surface area contributed by atoms with Crippen molar-refractivity contribution in [2.24, 2.45) is 0 Å². The molecular weight excluding hydrogens is 325 g/mol. The first kappa shape index (κ1) is 17.0. The summed E-state index contributed by atoms with van der Waals surface area (Å²) in [7, 11) is 3.99. The van der Waals surface area contributed by atoms with Gasteiger partial charge in [0.25, 0.3) is 0 Å². The molecule has 3 rings (SSSR count). The van der Waals surface area contributed by atoms with Gasteiger partial charge in [0.05, 0.1) is 12.1 Å². The number of likely N-dealkylation sites (N-methyl/N-ethyl adjacent to an activating group) is 2. The van der Waals surface area contributed by atoms with E-state index >= 15 is 0 Å². The highest BCUT2D eigenvalue weighted by atomic mass is 32.1. The van der Waals surface area contributed by atoms with Crippen molar-refractivity contribution in [3.05, 3.63) is 40.5 Å². The summed E-state index contributed by atoms with van der Waals surface area (Å²) < 4.78 is 13.0. The predicted molar refractivity (Wildman–Crippen MR) is 94.5 cm³/mol. The Bertz CT molecular complexity index is 701. The molecule has 1 amide bonds. The van der Waals surface area contributed by atoms with Gasteiger partial charge in [-0.15, -0.1) is 11.3 Å². The molecule has 1 aromatic carbocycles. The van der Waals surface area contributed by atoms with Crippen molar-refractivity contribution in [1.82, 2.24) is 14.8 Å². The molecular formula is C18H22FN3OS. The lowest BCUT2D eigenvalue weighted by molar-refractivity contribution is -0.132. The Labute approximate surface area is 145 Å². The van der Waals surface area contributed by atoms with Crippen LogP contribution in [0.1, 0.15) is 17.8 Å². The van der Waals surface area contributed by atoms with Crippen LogP contribution in [0.25, 0.3) is 11.3 Å². The number of benzene rings is 1. The largest absolute Gasteiger partial charge is 0.341 e. The second kappa shape index (κ2) is 7.40. The third-order valence-corrected chi connectivity index (χ3v) is 5.38. The number of rotatable bonds is 4. The Morgan fingerprint density at radius 1 is 1.42 bits per heavy atom. The molecule has 1 aliphatic rings. The van der Waals surface area contributed by atoms with Crippen LogP contribution in [-0.2, 0) is 11.2 Å². The van der Waals surface area contributed by atoms with Crippen molar-refractivity contribution in [2.75, 3.05) is 27.2 Å². The molecule has 1 fully saturated rings. The van der Waals surface area contributed by atoms with Crippen molar-refractivity contribution in [2.45, 2.75) is 25.3 Å². The van der Waals surface area contributed by atoms with Crippen LogP contribution in [0.15, 0.2) is 29.6 Å². The first-order valence-corrected chi connectivity index (χ1v) is 9.05. The van der Waals surface area contributed by atoms with Gasteiger partial charge in [0, 0.05) is 30.6 Å². The van der Waals surface area contributed by atoms with Crippen LogP contribution in [0.3, 0.4) is 0 Å². The van der Waals surface area contributed by atoms with Crippen molar-refractivity contribution in [3.63, 3.8) is 0 Å². The van der Waals surface area contributed by atoms with Gasteiger partial charge in [0.1, 0.15) is 10.8 Å². The van der Waals surface area contributed by atoms with Crippen molar-refractivity contribution in [3.8, 4) is 11.3 Å². The number of carbonyl (C=O) groups is 1. The molecule has 0 bridgehead atoms. The van der Waals surface area contributed by atoms with E-state index in [1.165, 1.54) is 23.5 Å². The fourth-order valence-corrected chi connectivity index (χ4v) is 3.85. The smallest absolute Gasteiger partial charge is 0.229 e. The lowest BCUT2D eigenvalue weighted by Gasteiger charge is -2.35. The number of carbonyl (C=O) groups excluding carboxylic acids is 1. The van der Waals surface area contributed by atoms with Crippen LogP contribution < -0.4 is 0 Å². The molecule has 0 unspecified atom stereocenters. The quantitative estimate of drug-likeness (QED) is 0.853. The average Bonchev–Trinajstić information content (AvgIpc) is 3.03. The van der Waals surface area contributed by atoms with E-state index in [-0.39, 0.29) is 17.8 Å². The first-order chi connectivity index (χ1) is 11.5. The Kier molecular flexibility index (Phi) is 5.26. The molecule has 0 N–H and O–H groups in total. The van der Waals surface area contributed by atoms with Gasteiger partial charge in [-0.3, -0.25) is 4.79 Å². The van der Waals surface area contributed by atoms with Crippen LogP contribution in [0, 0.1) is 5.82 Å². The van der Waals surface area contributed by atoms with Crippen molar-refractivity contribution >= 4 is 17.2 Å². The summed E-state index contributed by atoms with van der Waals surface area (Å²) in [6.07, 6.45) is 2.51. The highest BCUT2D eigenvalue weighted by molar-refractivity contribution is 7.10. The maximum atomic E-state index is 13.0. The Morgan fingerprint density at radius 3 is 2.88 bits per heavy atom. The lowest BCUT2D eigenvalue weighted by Crippen LogP contribution is -2.47. The molecule has 0 radical (unpaired) electrons. The van der Waals surface area contributed by atoms with Gasteiger partial charge in [-0.2, -0.15) is 0 Å². The first-order valence-electron chi connectivity index (χ1n) is 8.17. The summed E-state index contributed by atoms with van der Waals surface area (Å²) in [5.41, 5.74) is 1.66. The summed E-state index contributed by atoms with van der Waals surface area (Å²) in [6.45, 7) is 2.03. The number of halogens is 1. The highest BCUT2D eigenvalue weighted by Gasteiger charge is 2.25. The molecule has 0 aliphatic carbocycles. The van der Waals surface area contributed by atoms with E-state index in [0.29, 0.717) is 6.42 Å². The second-order valence-electron chi connectivity index (χ2n) is 6.37. The number of amides is 1. The molecule has 128 valence electrons. The summed E-state index contributed by atoms with van der Waals surface area (Å²) in [5, 5.41) is 2.72. The van der Waals surface area contributed by atoms with Crippen LogP contribution in [-0.4, -0.2) is 53.9 Å². The second-order valence-corrected chi connectivity index (χ2v) is 7.32. The van der Waals surface area contributed by atoms with E-state index in [0.717, 1.165) is 42.2 Å². The molecule has 1 aromatic heterocycles. The normalized spacial score (nSPS) is 18.5. The number of thiazole rings is 1. The van der Waals surface area contributed by atoms with Gasteiger partial charge in [-0.05, 0) is 50.7 Å². The van der Waals surface area contributed by atoms with Crippen LogP contribution >= 0.6 is 11.3 Å². The summed E-state index contributed by atoms with van der Waals surface area (Å²) in [4.78, 5) is 21.2. The zero-order valence-corrected chi connectivity index (χ0v) is 14.9. The van der Waals surface area contributed by atoms with E-state index in [1.54, 1.807) is 12.1 Å². The van der Waals surface area contributed by atoms with E-state index < -0.39 is 0 Å². The fourth-order valence-electron chi connectivity index (χ4n) is 3.06. The van der Waals surface area contributed by atoms with Crippen LogP contribution in [0.5, 0.6) is 0 Å². The molecule has 2 aromatic rings. The minimum atomic E-state index is -0.261. The maximum Gasteiger partial charge on any atom is 0.229 e. The lowest BCUT2D eigenvalue weighted by atomic mass is 10.0. The van der Waals surface area contributed by atoms with Gasteiger partial charge >= 0.3 is 0 Å². The molecule has 0 saturated carbocycles. The van der Waals surface area contributed by atoms with Crippen LogP contribution in [0.2, 0.25) is 0 Å². The average molecular weight is 347 g/mol. The maximum absolute atomic E-state index is 13.0. The molecule has 6 heteroatoms. The van der Waals surface area contributed by atoms with E-state index in [9.17, 15) is 9.18 Å². The minimum absolute atomic E-state index is 0.107. The van der Waals surface area contributed by atoms with Gasteiger partial charge in [-0.25, -0.2) is 9.37 Å². The van der Waals surface area contributed by atoms with Crippen molar-refractivity contribution < 1.29 is 9.18 Å². The Balaban J connectivity index is 1.63. The van der Waals surface area contributed by atoms with E-state index in [1.807, 2.05) is 17.3 Å². The number of nitrogens with zero attached hydrogens (tertiary/aromatic N) is 3. The standard InChI is InChI=1S/C18H22FN3OS/c1-21-9-3-4-15(11-21)22(2)18(23)10-17-20-16(12-24-17)13-5-7-14(19)8-6-13/h5-8,12,15H,3-4,9-11H2,1-2H3/t15-/m1/s1. The van der Waals surface area contributed by atoms with Crippen LogP contribution in [0.4, 0.5) is 4.39 Å². The zero-order chi connectivity index (χ0) is 17.1. The summed E-state index contributed by atoms with van der Waals surface area (Å²) in [5.74, 6) is -0.154. The topological polar surface area (TPSA) is 36.4 Å². The molecule has 2 heterocycles. The Hall–Kier alpha value is -1.79. The highest BCUT2D eigenvalue weighted by Crippen LogP contribution is 2.23. The van der Waals surface area contributed by atoms with Crippen molar-refractivity contribution in [1.29, 1.82) is 0 Å². The van der Waals surface area contributed by atoms with E-state index in [2.05, 4.69) is 16.9 Å². The van der Waals surface area contributed by atoms with Gasteiger partial charge in [-0.1, -0.05) is 0 Å². The molecule has 1 atom stereocenters. The van der Waals surface area contributed by atoms with Gasteiger partial charge < -0.3 is 9.80 Å². The number of hydrogen-bond donors (Lipinski definition) is 0. The molecule has 24 heavy (non-hydrogen) atoms. The fraction of sp³-hybridized carbons (Fsp3) is 0.444. The van der Waals surface area contributed by atoms with E-state index in [4.69, 9.17) is 0 Å². The summed E-state index contributed by atoms with van der Waals surface area (Å²) in [6, 6.07) is 6.55. The molecule has 4 nitrogen and oxygen atoms in total. The molecule has 1 saturated heterocycles. The number of likely N-dealkylation sites (tertiary alicyclic amines) is 1. The third-order valence-electron chi connectivity index (χ3n) is 4.53. The van der Waals surface area contributed by atoms with Gasteiger partial charge in [0.2, 0.25) is 5.91 Å². The predicted octanol–water partition coefficient (Wildman–Crippen LogP) is 3.04. The molecule has 0 spiro atoms. The SMILES string of the molecule is CN1CCC[C@@H](N(C)C(=O)Cc2nc(-c3ccc(F)cc3)cs2)C1. The summed E-state index contributed by atoms with van der Waals surface area (Å²) >= 11 is 1.48. The van der Waals surface area contributed by atoms with Gasteiger partial charge in [0.15, 0.2) is 0 Å². The monoisotopic (exact) mass is 347 g/mol. The third kappa shape index (κ3) is 3.99. The zero-order valence-electron chi connectivity index (χ0n) is 14.0. The Morgan fingerprint density at radius 2 is 2.17 bits per heavy atom. The minimum Gasteiger partial charge on any atom is -0.341 e. The number of hydrogen-bond acceptors (Lipinski definition) is 4. The number of aromatic nitrogens is 1. The molecule has 1 aliphatic heterocycles.